The van der Waals surface area contributed by atoms with Crippen LogP contribution in [0.5, 0.6) is 0 Å². The number of nitrogens with one attached hydrogen (secondary N) is 1. The van der Waals surface area contributed by atoms with E-state index < -0.39 is 0 Å². The van der Waals surface area contributed by atoms with E-state index in [4.69, 9.17) is 0 Å². The lowest BCUT2D eigenvalue weighted by Gasteiger charge is -2.39. The molecule has 4 rings (SSSR count). The van der Waals surface area contributed by atoms with Crippen molar-refractivity contribution in [2.45, 2.75) is 44.6 Å². The van der Waals surface area contributed by atoms with Crippen LogP contribution in [0.15, 0.2) is 12.2 Å². The van der Waals surface area contributed by atoms with Crippen LogP contribution in [0.3, 0.4) is 0 Å². The molecule has 1 saturated carbocycles. The maximum Gasteiger partial charge on any atom is 0.00703 e. The number of fused-ring (bicyclic) bond motifs is 2. The van der Waals surface area contributed by atoms with Gasteiger partial charge in [-0.2, -0.15) is 0 Å². The molecule has 2 fully saturated rings. The normalized spacial score (nSPS) is 46.0. The summed E-state index contributed by atoms with van der Waals surface area (Å²) in [4.78, 5) is 0. The molecule has 4 unspecified atom stereocenters. The maximum atomic E-state index is 3.64. The quantitative estimate of drug-likeness (QED) is 0.662. The van der Waals surface area contributed by atoms with Crippen molar-refractivity contribution in [2.24, 2.45) is 17.8 Å². The molecule has 0 aromatic carbocycles. The van der Waals surface area contributed by atoms with Gasteiger partial charge in [0.15, 0.2) is 0 Å². The molecule has 1 N–H and O–H groups in total. The van der Waals surface area contributed by atoms with E-state index >= 15 is 0 Å². The van der Waals surface area contributed by atoms with E-state index in [1.807, 2.05) is 0 Å². The molecule has 4 atom stereocenters. The summed E-state index contributed by atoms with van der Waals surface area (Å²) in [6.45, 7) is 1.27. The summed E-state index contributed by atoms with van der Waals surface area (Å²) in [5, 5.41) is 3.64. The molecule has 78 valence electrons. The predicted molar refractivity (Wildman–Crippen MR) is 59.1 cm³/mol. The molecule has 1 heteroatoms. The van der Waals surface area contributed by atoms with E-state index in [9.17, 15) is 0 Å². The van der Waals surface area contributed by atoms with E-state index in [1.54, 1.807) is 0 Å². The highest BCUT2D eigenvalue weighted by Crippen LogP contribution is 2.42. The van der Waals surface area contributed by atoms with Crippen LogP contribution in [0.1, 0.15) is 38.5 Å². The molecule has 0 radical (unpaired) electrons. The van der Waals surface area contributed by atoms with Gasteiger partial charge in [-0.1, -0.05) is 12.2 Å². The van der Waals surface area contributed by atoms with Crippen LogP contribution in [0.25, 0.3) is 0 Å². The average molecular weight is 191 g/mol. The molecule has 1 nitrogen and oxygen atoms in total. The van der Waals surface area contributed by atoms with Gasteiger partial charge in [0.2, 0.25) is 0 Å². The lowest BCUT2D eigenvalue weighted by molar-refractivity contribution is 0.195. The van der Waals surface area contributed by atoms with Crippen LogP contribution in [-0.4, -0.2) is 12.6 Å². The Morgan fingerprint density at radius 1 is 1.14 bits per heavy atom. The van der Waals surface area contributed by atoms with Crippen LogP contribution in [0.2, 0.25) is 0 Å². The van der Waals surface area contributed by atoms with Gasteiger partial charge in [-0.25, -0.2) is 0 Å². The maximum absolute atomic E-state index is 3.64. The Hall–Kier alpha value is -0.300. The highest BCUT2D eigenvalue weighted by Gasteiger charge is 2.33. The Bertz CT molecular complexity index is 227. The van der Waals surface area contributed by atoms with Crippen molar-refractivity contribution in [2.75, 3.05) is 6.54 Å². The lowest BCUT2D eigenvalue weighted by atomic mass is 9.67. The van der Waals surface area contributed by atoms with Gasteiger partial charge >= 0.3 is 0 Å². The zero-order chi connectivity index (χ0) is 9.38. The zero-order valence-electron chi connectivity index (χ0n) is 8.91. The molecule has 2 bridgehead atoms. The van der Waals surface area contributed by atoms with Gasteiger partial charge in [0.25, 0.3) is 0 Å². The third-order valence-corrected chi connectivity index (χ3v) is 4.46. The van der Waals surface area contributed by atoms with Gasteiger partial charge in [0.1, 0.15) is 0 Å². The van der Waals surface area contributed by atoms with E-state index in [0.29, 0.717) is 0 Å². The van der Waals surface area contributed by atoms with E-state index in [2.05, 4.69) is 17.5 Å². The van der Waals surface area contributed by atoms with Gasteiger partial charge < -0.3 is 5.32 Å². The molecule has 1 heterocycles. The summed E-state index contributed by atoms with van der Waals surface area (Å²) in [5.41, 5.74) is 0. The van der Waals surface area contributed by atoms with Crippen LogP contribution in [0, 0.1) is 17.8 Å². The van der Waals surface area contributed by atoms with Crippen LogP contribution in [0.4, 0.5) is 0 Å². The second-order valence-electron chi connectivity index (χ2n) is 5.41. The molecule has 0 amide bonds. The van der Waals surface area contributed by atoms with Crippen molar-refractivity contribution in [1.82, 2.24) is 5.32 Å². The summed E-state index contributed by atoms with van der Waals surface area (Å²) in [7, 11) is 0. The largest absolute Gasteiger partial charge is 0.314 e. The molecule has 0 spiro atoms. The van der Waals surface area contributed by atoms with Crippen LogP contribution < -0.4 is 5.32 Å². The lowest BCUT2D eigenvalue weighted by Crippen LogP contribution is -2.33. The fraction of sp³-hybridized carbons (Fsp3) is 0.846. The van der Waals surface area contributed by atoms with Crippen molar-refractivity contribution >= 4 is 0 Å². The number of hydrogen-bond acceptors (Lipinski definition) is 1. The minimum Gasteiger partial charge on any atom is -0.314 e. The fourth-order valence-electron chi connectivity index (χ4n) is 3.65. The van der Waals surface area contributed by atoms with Gasteiger partial charge in [-0.05, 0) is 62.8 Å². The first-order valence-electron chi connectivity index (χ1n) is 6.33. The summed E-state index contributed by atoms with van der Waals surface area (Å²) in [6.07, 6.45) is 13.7. The monoisotopic (exact) mass is 191 g/mol. The summed E-state index contributed by atoms with van der Waals surface area (Å²) < 4.78 is 0. The first-order chi connectivity index (χ1) is 6.92. The molecule has 1 aliphatic heterocycles. The fourth-order valence-corrected chi connectivity index (χ4v) is 3.65. The first-order valence-corrected chi connectivity index (χ1v) is 6.33. The highest BCUT2D eigenvalue weighted by molar-refractivity contribution is 5.06. The third kappa shape index (κ3) is 1.63. The standard InChI is InChI=1S/C13H21N/c1-2-13(14-7-1)9-12-8-10-3-5-11(12)6-4-10/h3,5,10-14H,1-2,4,6-9H2. The van der Waals surface area contributed by atoms with Crippen LogP contribution in [-0.2, 0) is 0 Å². The number of allylic oxidation sites excluding steroid dienone is 2. The molecular formula is C13H21N. The van der Waals surface area contributed by atoms with Gasteiger partial charge in [0.05, 0.1) is 0 Å². The molecule has 0 aromatic heterocycles. The minimum atomic E-state index is 0.854. The minimum absolute atomic E-state index is 0.854. The Morgan fingerprint density at radius 3 is 2.71 bits per heavy atom. The number of hydrogen-bond donors (Lipinski definition) is 1. The van der Waals surface area contributed by atoms with E-state index in [1.165, 1.54) is 45.1 Å². The number of rotatable bonds is 2. The van der Waals surface area contributed by atoms with Crippen molar-refractivity contribution in [3.05, 3.63) is 12.2 Å². The second kappa shape index (κ2) is 3.69. The van der Waals surface area contributed by atoms with Gasteiger partial charge in [-0.15, -0.1) is 0 Å². The molecular weight excluding hydrogens is 170 g/mol. The Labute approximate surface area is 87.0 Å². The molecule has 3 aliphatic carbocycles. The summed E-state index contributed by atoms with van der Waals surface area (Å²) in [5.74, 6) is 2.88. The Morgan fingerprint density at radius 2 is 2.14 bits per heavy atom. The molecule has 14 heavy (non-hydrogen) atoms. The van der Waals surface area contributed by atoms with Crippen molar-refractivity contribution in [3.63, 3.8) is 0 Å². The van der Waals surface area contributed by atoms with Gasteiger partial charge in [0, 0.05) is 6.04 Å². The smallest absolute Gasteiger partial charge is 0.00703 e. The molecule has 4 aliphatic rings. The third-order valence-electron chi connectivity index (χ3n) is 4.46. The van der Waals surface area contributed by atoms with Gasteiger partial charge in [-0.3, -0.25) is 0 Å². The second-order valence-corrected chi connectivity index (χ2v) is 5.41. The Kier molecular flexibility index (Phi) is 2.36. The predicted octanol–water partition coefficient (Wildman–Crippen LogP) is 2.73. The van der Waals surface area contributed by atoms with Crippen molar-refractivity contribution in [1.29, 1.82) is 0 Å². The van der Waals surface area contributed by atoms with Crippen molar-refractivity contribution < 1.29 is 0 Å². The zero-order valence-corrected chi connectivity index (χ0v) is 8.91. The summed E-state index contributed by atoms with van der Waals surface area (Å²) >= 11 is 0. The average Bonchev–Trinajstić information content (AvgIpc) is 2.72. The highest BCUT2D eigenvalue weighted by atomic mass is 14.9. The van der Waals surface area contributed by atoms with Crippen LogP contribution >= 0.6 is 0 Å². The SMILES string of the molecule is C1=CC2CCC1CC2CC1CCCN1. The molecule has 0 aromatic rings. The van der Waals surface area contributed by atoms with E-state index in [-0.39, 0.29) is 0 Å². The first kappa shape index (κ1) is 8.96. The van der Waals surface area contributed by atoms with Crippen molar-refractivity contribution in [3.8, 4) is 0 Å². The topological polar surface area (TPSA) is 12.0 Å². The Balaban J connectivity index is 1.60. The molecule has 1 saturated heterocycles. The van der Waals surface area contributed by atoms with E-state index in [0.717, 1.165) is 23.8 Å². The summed E-state index contributed by atoms with van der Waals surface area (Å²) in [6, 6.07) is 0.854.